The first kappa shape index (κ1) is 33.2. The molecular formula is C37H44ClN3O6S. The lowest BCUT2D eigenvalue weighted by molar-refractivity contribution is -0.0475. The number of carbonyl (C=O) groups is 1. The van der Waals surface area contributed by atoms with E-state index >= 15 is 0 Å². The number of rotatable bonds is 2. The molecule has 11 heteroatoms. The number of nitrogens with one attached hydrogen (secondary N) is 1. The van der Waals surface area contributed by atoms with E-state index in [1.165, 1.54) is 17.5 Å². The summed E-state index contributed by atoms with van der Waals surface area (Å²) in [4.78, 5) is 20.1. The number of nitrogens with zero attached hydrogens (tertiary/aromatic N) is 2. The van der Waals surface area contributed by atoms with E-state index in [4.69, 9.17) is 20.8 Å². The number of hydrogen-bond donors (Lipinski definition) is 2. The number of sulfonamides is 1. The van der Waals surface area contributed by atoms with Crippen molar-refractivity contribution in [1.29, 1.82) is 0 Å². The lowest BCUT2D eigenvalue weighted by Gasteiger charge is -2.49. The summed E-state index contributed by atoms with van der Waals surface area (Å²) < 4.78 is 41.5. The molecule has 9 nitrogen and oxygen atoms in total. The van der Waals surface area contributed by atoms with Gasteiger partial charge in [-0.1, -0.05) is 36.7 Å². The molecule has 6 atom stereocenters. The number of halogens is 1. The summed E-state index contributed by atoms with van der Waals surface area (Å²) >= 11 is 6.44. The Balaban J connectivity index is 1.33. The molecule has 48 heavy (non-hydrogen) atoms. The smallest absolute Gasteiger partial charge is 0.264 e. The predicted molar refractivity (Wildman–Crippen MR) is 185 cm³/mol. The Bertz CT molecular complexity index is 1860. The zero-order chi connectivity index (χ0) is 33.8. The SMILES string of the molecule is Cc1ncoc1C[C@]1(O)/C=C/C[C@H](C)[C@@H](C)S(=O)(=O)NC(=O)c2ccc3c(c2)N(C[C@@H]2CC[C@H]21)C[C@@]1(CCCc2cc(Cl)ccc21)CO3. The minimum absolute atomic E-state index is 0.0740. The maximum atomic E-state index is 13.5. The van der Waals surface area contributed by atoms with Gasteiger partial charge in [0.15, 0.2) is 6.39 Å². The Morgan fingerprint density at radius 2 is 2.00 bits per heavy atom. The van der Waals surface area contributed by atoms with E-state index in [-0.39, 0.29) is 35.2 Å². The highest BCUT2D eigenvalue weighted by Crippen LogP contribution is 2.49. The van der Waals surface area contributed by atoms with E-state index < -0.39 is 26.8 Å². The van der Waals surface area contributed by atoms with Crippen molar-refractivity contribution in [1.82, 2.24) is 9.71 Å². The van der Waals surface area contributed by atoms with Gasteiger partial charge in [0.25, 0.3) is 5.91 Å². The second-order valence-corrected chi connectivity index (χ2v) is 17.0. The van der Waals surface area contributed by atoms with Crippen LogP contribution in [0, 0.1) is 24.7 Å². The molecule has 1 amide bonds. The third kappa shape index (κ3) is 6.05. The zero-order valence-electron chi connectivity index (χ0n) is 27.7. The maximum Gasteiger partial charge on any atom is 0.264 e. The lowest BCUT2D eigenvalue weighted by Crippen LogP contribution is -2.53. The van der Waals surface area contributed by atoms with Gasteiger partial charge in [-0.2, -0.15) is 0 Å². The third-order valence-electron chi connectivity index (χ3n) is 11.5. The molecule has 2 aliphatic heterocycles. The highest BCUT2D eigenvalue weighted by Gasteiger charge is 2.48. The summed E-state index contributed by atoms with van der Waals surface area (Å²) in [5.74, 6) is 0.390. The predicted octanol–water partition coefficient (Wildman–Crippen LogP) is 6.15. The van der Waals surface area contributed by atoms with Crippen molar-refractivity contribution in [3.05, 3.63) is 88.1 Å². The number of hydrogen-bond acceptors (Lipinski definition) is 8. The fourth-order valence-corrected chi connectivity index (χ4v) is 9.80. The molecule has 2 aromatic carbocycles. The molecule has 4 aliphatic rings. The summed E-state index contributed by atoms with van der Waals surface area (Å²) in [5, 5.41) is 12.3. The van der Waals surface area contributed by atoms with Gasteiger partial charge in [0.1, 0.15) is 11.5 Å². The number of aliphatic hydroxyl groups is 1. The molecule has 2 aliphatic carbocycles. The average molecular weight is 694 g/mol. The Labute approximate surface area is 287 Å². The van der Waals surface area contributed by atoms with Crippen LogP contribution in [0.15, 0.2) is 59.4 Å². The average Bonchev–Trinajstić information content (AvgIpc) is 3.35. The van der Waals surface area contributed by atoms with E-state index in [1.54, 1.807) is 25.1 Å². The first-order valence-electron chi connectivity index (χ1n) is 17.0. The van der Waals surface area contributed by atoms with Crippen LogP contribution in [0.4, 0.5) is 5.69 Å². The minimum atomic E-state index is -4.00. The summed E-state index contributed by atoms with van der Waals surface area (Å²) in [6.45, 7) is 7.08. The summed E-state index contributed by atoms with van der Waals surface area (Å²) in [6.07, 6.45) is 10.5. The maximum absolute atomic E-state index is 13.5. The molecular weight excluding hydrogens is 650 g/mol. The van der Waals surface area contributed by atoms with Gasteiger partial charge in [-0.25, -0.2) is 18.1 Å². The number of oxazole rings is 1. The number of anilines is 1. The van der Waals surface area contributed by atoms with Gasteiger partial charge in [-0.15, -0.1) is 0 Å². The molecule has 3 heterocycles. The molecule has 2 bridgehead atoms. The number of carbonyl (C=O) groups excluding carboxylic acids is 1. The molecule has 1 spiro atoms. The monoisotopic (exact) mass is 693 g/mol. The normalized spacial score (nSPS) is 32.2. The van der Waals surface area contributed by atoms with Crippen LogP contribution in [0.2, 0.25) is 5.02 Å². The first-order valence-corrected chi connectivity index (χ1v) is 19.0. The number of allylic oxidation sites excluding steroid dienone is 1. The molecule has 0 saturated heterocycles. The first-order chi connectivity index (χ1) is 22.9. The van der Waals surface area contributed by atoms with E-state index in [1.807, 2.05) is 32.1 Å². The number of aryl methyl sites for hydroxylation is 2. The summed E-state index contributed by atoms with van der Waals surface area (Å²) in [5.41, 5.74) is 2.67. The van der Waals surface area contributed by atoms with E-state index in [2.05, 4.69) is 26.7 Å². The fraction of sp³-hybridized carbons (Fsp3) is 0.514. The molecule has 1 fully saturated rings. The van der Waals surface area contributed by atoms with Gasteiger partial charge >= 0.3 is 0 Å². The number of amides is 1. The van der Waals surface area contributed by atoms with Crippen LogP contribution in [-0.4, -0.2) is 55.0 Å². The van der Waals surface area contributed by atoms with E-state index in [0.717, 1.165) is 48.5 Å². The molecule has 2 N–H and O–H groups in total. The molecule has 1 saturated carbocycles. The molecule has 256 valence electrons. The van der Waals surface area contributed by atoms with Crippen LogP contribution in [0.1, 0.15) is 78.9 Å². The van der Waals surface area contributed by atoms with Crippen LogP contribution in [0.3, 0.4) is 0 Å². The molecule has 0 unspecified atom stereocenters. The van der Waals surface area contributed by atoms with Crippen molar-refractivity contribution >= 4 is 33.2 Å². The van der Waals surface area contributed by atoms with E-state index in [9.17, 15) is 18.3 Å². The third-order valence-corrected chi connectivity index (χ3v) is 13.7. The van der Waals surface area contributed by atoms with Crippen molar-refractivity contribution in [3.8, 4) is 5.75 Å². The fourth-order valence-electron chi connectivity index (χ4n) is 8.32. The van der Waals surface area contributed by atoms with Gasteiger partial charge < -0.3 is 19.2 Å². The van der Waals surface area contributed by atoms with Gasteiger partial charge in [-0.3, -0.25) is 4.79 Å². The van der Waals surface area contributed by atoms with Gasteiger partial charge in [0.2, 0.25) is 10.0 Å². The Morgan fingerprint density at radius 1 is 1.17 bits per heavy atom. The van der Waals surface area contributed by atoms with Crippen molar-refractivity contribution in [2.24, 2.45) is 17.8 Å². The Kier molecular flexibility index (Phi) is 8.65. The van der Waals surface area contributed by atoms with Crippen molar-refractivity contribution in [3.63, 3.8) is 0 Å². The second kappa shape index (κ2) is 12.5. The van der Waals surface area contributed by atoms with Crippen LogP contribution in [-0.2, 0) is 28.3 Å². The number of aromatic nitrogens is 1. The number of ether oxygens (including phenoxy) is 1. The van der Waals surface area contributed by atoms with Crippen molar-refractivity contribution < 1.29 is 27.5 Å². The number of fused-ring (bicyclic) bond motifs is 4. The van der Waals surface area contributed by atoms with Gasteiger partial charge in [-0.05, 0) is 112 Å². The quantitative estimate of drug-likeness (QED) is 0.307. The Morgan fingerprint density at radius 3 is 2.75 bits per heavy atom. The van der Waals surface area contributed by atoms with Crippen LogP contribution >= 0.6 is 11.6 Å². The molecule has 7 rings (SSSR count). The lowest BCUT2D eigenvalue weighted by atomic mass is 9.62. The Hall–Kier alpha value is -3.34. The minimum Gasteiger partial charge on any atom is -0.490 e. The topological polar surface area (TPSA) is 122 Å². The van der Waals surface area contributed by atoms with Gasteiger partial charge in [0.05, 0.1) is 28.8 Å². The largest absolute Gasteiger partial charge is 0.490 e. The van der Waals surface area contributed by atoms with Gasteiger partial charge in [0, 0.05) is 35.5 Å². The van der Waals surface area contributed by atoms with Crippen LogP contribution in [0.25, 0.3) is 0 Å². The second-order valence-electron chi connectivity index (χ2n) is 14.6. The van der Waals surface area contributed by atoms with Crippen molar-refractivity contribution in [2.75, 3.05) is 24.6 Å². The zero-order valence-corrected chi connectivity index (χ0v) is 29.3. The highest BCUT2D eigenvalue weighted by molar-refractivity contribution is 7.90. The highest BCUT2D eigenvalue weighted by atomic mass is 35.5. The summed E-state index contributed by atoms with van der Waals surface area (Å²) in [6, 6.07) is 11.3. The van der Waals surface area contributed by atoms with Crippen LogP contribution < -0.4 is 14.4 Å². The standard InChI is InChI=1S/C37H44ClN3O6S/c1-23-6-4-15-37(43,18-34-24(2)39-22-47-34)31-11-8-28(31)19-41-20-36(14-5-7-26-16-29(38)10-12-30(26)36)21-46-33-13-9-27(17-32(33)41)35(42)40-48(44,45)25(23)3/h4,9-10,12-13,15-17,22-23,25,28,31,43H,5-8,11,14,18-21H2,1-3H3,(H,40,42)/b15-4+/t23-,25+,28-,31+,36-,37+/m0/s1. The van der Waals surface area contributed by atoms with Crippen molar-refractivity contribution in [2.45, 2.75) is 82.0 Å². The molecule has 1 aromatic heterocycles. The molecule has 0 radical (unpaired) electrons. The van der Waals surface area contributed by atoms with E-state index in [0.29, 0.717) is 37.6 Å². The molecule has 3 aromatic rings. The van der Waals surface area contributed by atoms with Crippen LogP contribution in [0.5, 0.6) is 5.75 Å². The number of benzene rings is 2. The summed E-state index contributed by atoms with van der Waals surface area (Å²) in [7, 11) is -4.00.